The first-order valence-corrected chi connectivity index (χ1v) is 11.9. The van der Waals surface area contributed by atoms with E-state index in [2.05, 4.69) is 32.6 Å². The number of aliphatic hydroxyl groups is 2. The molecule has 3 fully saturated rings. The second-order valence-electron chi connectivity index (χ2n) is 10.6. The smallest absolute Gasteiger partial charge is 0.0610 e. The second kappa shape index (κ2) is 8.02. The Hall–Kier alpha value is -0.830. The van der Waals surface area contributed by atoms with Gasteiger partial charge in [0.2, 0.25) is 0 Å². The molecule has 29 heavy (non-hydrogen) atoms. The minimum atomic E-state index is -0.244. The lowest BCUT2D eigenvalue weighted by Crippen LogP contribution is -2.52. The molecular weight excluding hydrogens is 380 g/mol. The molecule has 3 heteroatoms. The van der Waals surface area contributed by atoms with Gasteiger partial charge in [0.25, 0.3) is 0 Å². The highest BCUT2D eigenvalue weighted by atomic mass is 35.5. The number of halogens is 1. The maximum absolute atomic E-state index is 11.5. The molecule has 7 atom stereocenters. The van der Waals surface area contributed by atoms with E-state index in [1.165, 1.54) is 11.1 Å². The largest absolute Gasteiger partial charge is 0.393 e. The van der Waals surface area contributed by atoms with Gasteiger partial charge in [-0.3, -0.25) is 0 Å². The second-order valence-corrected chi connectivity index (χ2v) is 11.0. The van der Waals surface area contributed by atoms with Gasteiger partial charge in [0.1, 0.15) is 0 Å². The van der Waals surface area contributed by atoms with Gasteiger partial charge in [-0.2, -0.15) is 0 Å². The van der Waals surface area contributed by atoms with Crippen LogP contribution in [0, 0.1) is 28.6 Å². The summed E-state index contributed by atoms with van der Waals surface area (Å²) in [6, 6.07) is 8.16. The summed E-state index contributed by atoms with van der Waals surface area (Å²) in [4.78, 5) is 0. The first kappa shape index (κ1) is 21.4. The summed E-state index contributed by atoms with van der Waals surface area (Å²) in [7, 11) is 0. The van der Waals surface area contributed by atoms with E-state index in [1.54, 1.807) is 0 Å². The topological polar surface area (TPSA) is 40.5 Å². The van der Waals surface area contributed by atoms with Gasteiger partial charge in [-0.1, -0.05) is 49.7 Å². The summed E-state index contributed by atoms with van der Waals surface area (Å²) in [5.74, 6) is 1.12. The summed E-state index contributed by atoms with van der Waals surface area (Å²) in [5, 5.41) is 22.7. The molecule has 3 aliphatic rings. The standard InChI is InChI=1S/C26H37ClO2/c1-17-4-11-22-24(29)23(13-15-25(17,22)2)26(3)14-12-21(28)16-19(26)8-5-18-6-9-20(27)10-7-18/h6-7,9-10,19,21-24,28-29H,1,4-5,8,11-16H2,2-3H3/t19-,21-,22?,23?,24-,25+,26-/m0/s1. The van der Waals surface area contributed by atoms with Gasteiger partial charge >= 0.3 is 0 Å². The number of aliphatic hydroxyl groups excluding tert-OH is 2. The van der Waals surface area contributed by atoms with E-state index in [4.69, 9.17) is 11.6 Å². The zero-order chi connectivity index (χ0) is 20.8. The van der Waals surface area contributed by atoms with Crippen molar-refractivity contribution in [1.82, 2.24) is 0 Å². The van der Waals surface area contributed by atoms with Crippen molar-refractivity contribution >= 4 is 11.6 Å². The predicted molar refractivity (Wildman–Crippen MR) is 120 cm³/mol. The summed E-state index contributed by atoms with van der Waals surface area (Å²) in [6.07, 6.45) is 8.76. The molecule has 2 N–H and O–H groups in total. The van der Waals surface area contributed by atoms with Crippen molar-refractivity contribution < 1.29 is 10.2 Å². The Morgan fingerprint density at radius 1 is 1.03 bits per heavy atom. The van der Waals surface area contributed by atoms with Gasteiger partial charge in [-0.15, -0.1) is 0 Å². The molecule has 2 unspecified atom stereocenters. The molecular formula is C26H37ClO2. The monoisotopic (exact) mass is 416 g/mol. The van der Waals surface area contributed by atoms with E-state index in [9.17, 15) is 10.2 Å². The molecule has 0 aliphatic heterocycles. The highest BCUT2D eigenvalue weighted by Crippen LogP contribution is 2.61. The number of benzene rings is 1. The van der Waals surface area contributed by atoms with E-state index >= 15 is 0 Å². The summed E-state index contributed by atoms with van der Waals surface area (Å²) in [6.45, 7) is 9.08. The van der Waals surface area contributed by atoms with Crippen LogP contribution in [0.4, 0.5) is 0 Å². The Morgan fingerprint density at radius 3 is 2.48 bits per heavy atom. The van der Waals surface area contributed by atoms with E-state index < -0.39 is 0 Å². The number of rotatable bonds is 4. The van der Waals surface area contributed by atoms with E-state index in [1.807, 2.05) is 12.1 Å². The average molecular weight is 417 g/mol. The summed E-state index contributed by atoms with van der Waals surface area (Å²) in [5.41, 5.74) is 2.87. The zero-order valence-electron chi connectivity index (χ0n) is 18.0. The molecule has 1 aromatic carbocycles. The lowest BCUT2D eigenvalue weighted by atomic mass is 9.51. The lowest BCUT2D eigenvalue weighted by Gasteiger charge is -2.55. The first-order valence-electron chi connectivity index (χ1n) is 11.5. The fourth-order valence-electron chi connectivity index (χ4n) is 7.06. The summed E-state index contributed by atoms with van der Waals surface area (Å²) >= 11 is 6.04. The van der Waals surface area contributed by atoms with E-state index in [0.717, 1.165) is 62.8 Å². The Bertz CT molecular complexity index is 744. The molecule has 2 nitrogen and oxygen atoms in total. The lowest BCUT2D eigenvalue weighted by molar-refractivity contribution is -0.120. The molecule has 3 saturated carbocycles. The SMILES string of the molecule is C=C1CCC2[C@H](O)C([C@@]3(C)CC[C@H](O)C[C@@H]3CCc3ccc(Cl)cc3)CC[C@]12C. The third-order valence-corrected chi connectivity index (χ3v) is 9.48. The Labute approximate surface area is 181 Å². The van der Waals surface area contributed by atoms with Gasteiger partial charge in [0.05, 0.1) is 12.2 Å². The first-order chi connectivity index (χ1) is 13.7. The van der Waals surface area contributed by atoms with Gasteiger partial charge in [0, 0.05) is 5.02 Å². The van der Waals surface area contributed by atoms with Gasteiger partial charge in [-0.05, 0) is 104 Å². The highest BCUT2D eigenvalue weighted by molar-refractivity contribution is 6.30. The van der Waals surface area contributed by atoms with Crippen LogP contribution in [0.2, 0.25) is 5.02 Å². The van der Waals surface area contributed by atoms with Crippen molar-refractivity contribution in [3.05, 3.63) is 47.0 Å². The molecule has 4 rings (SSSR count). The Kier molecular flexibility index (Phi) is 5.92. The Balaban J connectivity index is 1.53. The highest BCUT2D eigenvalue weighted by Gasteiger charge is 2.56. The van der Waals surface area contributed by atoms with Crippen LogP contribution in [0.1, 0.15) is 70.8 Å². The van der Waals surface area contributed by atoms with Crippen LogP contribution in [0.5, 0.6) is 0 Å². The number of fused-ring (bicyclic) bond motifs is 1. The number of aryl methyl sites for hydroxylation is 1. The molecule has 0 spiro atoms. The van der Waals surface area contributed by atoms with Crippen molar-refractivity contribution in [3.63, 3.8) is 0 Å². The molecule has 0 saturated heterocycles. The van der Waals surface area contributed by atoms with Crippen molar-refractivity contribution in [1.29, 1.82) is 0 Å². The average Bonchev–Trinajstić information content (AvgIpc) is 3.00. The van der Waals surface area contributed by atoms with Crippen LogP contribution >= 0.6 is 11.6 Å². The van der Waals surface area contributed by atoms with Crippen molar-refractivity contribution in [2.45, 2.75) is 83.8 Å². The zero-order valence-corrected chi connectivity index (χ0v) is 18.8. The van der Waals surface area contributed by atoms with E-state index in [0.29, 0.717) is 17.8 Å². The molecule has 3 aliphatic carbocycles. The third kappa shape index (κ3) is 3.82. The van der Waals surface area contributed by atoms with Crippen molar-refractivity contribution in [2.24, 2.45) is 28.6 Å². The van der Waals surface area contributed by atoms with Gasteiger partial charge in [0.15, 0.2) is 0 Å². The Morgan fingerprint density at radius 2 is 1.76 bits per heavy atom. The number of hydrogen-bond donors (Lipinski definition) is 2. The number of allylic oxidation sites excluding steroid dienone is 1. The molecule has 1 aromatic rings. The third-order valence-electron chi connectivity index (χ3n) is 9.23. The molecule has 0 heterocycles. The molecule has 0 radical (unpaired) electrons. The van der Waals surface area contributed by atoms with E-state index in [-0.39, 0.29) is 23.0 Å². The van der Waals surface area contributed by atoms with Crippen LogP contribution in [0.3, 0.4) is 0 Å². The van der Waals surface area contributed by atoms with Crippen molar-refractivity contribution in [3.8, 4) is 0 Å². The fourth-order valence-corrected chi connectivity index (χ4v) is 7.18. The molecule has 160 valence electrons. The maximum atomic E-state index is 11.5. The molecule has 0 aromatic heterocycles. The molecule has 0 bridgehead atoms. The van der Waals surface area contributed by atoms with Crippen LogP contribution in [0.25, 0.3) is 0 Å². The molecule has 0 amide bonds. The normalized spacial score (nSPS) is 42.7. The number of hydrogen-bond acceptors (Lipinski definition) is 2. The predicted octanol–water partition coefficient (Wildman–Crippen LogP) is 6.18. The quantitative estimate of drug-likeness (QED) is 0.575. The minimum Gasteiger partial charge on any atom is -0.393 e. The maximum Gasteiger partial charge on any atom is 0.0610 e. The fraction of sp³-hybridized carbons (Fsp3) is 0.692. The summed E-state index contributed by atoms with van der Waals surface area (Å²) < 4.78 is 0. The minimum absolute atomic E-state index is 0.0936. The van der Waals surface area contributed by atoms with Crippen LogP contribution in [-0.4, -0.2) is 22.4 Å². The van der Waals surface area contributed by atoms with Crippen LogP contribution in [-0.2, 0) is 6.42 Å². The van der Waals surface area contributed by atoms with Gasteiger partial charge < -0.3 is 10.2 Å². The van der Waals surface area contributed by atoms with Gasteiger partial charge in [-0.25, -0.2) is 0 Å². The van der Waals surface area contributed by atoms with Crippen molar-refractivity contribution in [2.75, 3.05) is 0 Å². The van der Waals surface area contributed by atoms with Crippen LogP contribution < -0.4 is 0 Å². The van der Waals surface area contributed by atoms with Crippen LogP contribution in [0.15, 0.2) is 36.4 Å².